The lowest BCUT2D eigenvalue weighted by Gasteiger charge is -2.16. The molecule has 10 heteroatoms. The molecule has 0 atom stereocenters. The van der Waals surface area contributed by atoms with Crippen molar-refractivity contribution in [2.75, 3.05) is 3.33 Å². The fourth-order valence-electron chi connectivity index (χ4n) is 1.67. The Balaban J connectivity index is 1.99. The SMILES string of the molecule is O=S(=O)(c1cccs1)N(Br)c1cccc(-c2nn[nH]n2)c1. The average Bonchev–Trinajstić information content (AvgIpc) is 3.19. The van der Waals surface area contributed by atoms with Crippen molar-refractivity contribution >= 4 is 43.2 Å². The Bertz CT molecular complexity index is 833. The van der Waals surface area contributed by atoms with E-state index in [1.54, 1.807) is 41.8 Å². The number of halogens is 1. The van der Waals surface area contributed by atoms with E-state index in [0.717, 1.165) is 14.7 Å². The number of hydrogen-bond acceptors (Lipinski definition) is 6. The van der Waals surface area contributed by atoms with Gasteiger partial charge in [0.25, 0.3) is 10.0 Å². The maximum atomic E-state index is 12.4. The van der Waals surface area contributed by atoms with E-state index >= 15 is 0 Å². The Labute approximate surface area is 133 Å². The Hall–Kier alpha value is -1.78. The van der Waals surface area contributed by atoms with Crippen molar-refractivity contribution in [2.45, 2.75) is 4.21 Å². The summed E-state index contributed by atoms with van der Waals surface area (Å²) in [5.74, 6) is 0.395. The molecular weight excluding hydrogens is 378 g/mol. The number of anilines is 1. The van der Waals surface area contributed by atoms with E-state index in [2.05, 4.69) is 36.8 Å². The van der Waals surface area contributed by atoms with Gasteiger partial charge in [-0.25, -0.2) is 0 Å². The maximum Gasteiger partial charge on any atom is 0.283 e. The number of tetrazole rings is 1. The van der Waals surface area contributed by atoms with E-state index in [1.165, 1.54) is 0 Å². The van der Waals surface area contributed by atoms with Crippen LogP contribution >= 0.6 is 27.5 Å². The van der Waals surface area contributed by atoms with Crippen LogP contribution in [0, 0.1) is 0 Å². The third-order valence-corrected chi connectivity index (χ3v) is 7.03. The first-order chi connectivity index (χ1) is 10.1. The molecule has 0 spiro atoms. The molecule has 0 saturated carbocycles. The summed E-state index contributed by atoms with van der Waals surface area (Å²) >= 11 is 4.27. The highest BCUT2D eigenvalue weighted by atomic mass is 79.9. The summed E-state index contributed by atoms with van der Waals surface area (Å²) in [4.78, 5) is 0. The largest absolute Gasteiger partial charge is 0.283 e. The maximum absolute atomic E-state index is 12.4. The first-order valence-electron chi connectivity index (χ1n) is 5.67. The Morgan fingerprint density at radius 3 is 2.76 bits per heavy atom. The van der Waals surface area contributed by atoms with Crippen LogP contribution in [0.3, 0.4) is 0 Å². The minimum Gasteiger partial charge on any atom is -0.199 e. The molecule has 0 fully saturated rings. The van der Waals surface area contributed by atoms with Crippen molar-refractivity contribution < 1.29 is 8.42 Å². The van der Waals surface area contributed by atoms with Crippen LogP contribution in [0.5, 0.6) is 0 Å². The van der Waals surface area contributed by atoms with E-state index in [-0.39, 0.29) is 4.21 Å². The number of rotatable bonds is 4. The number of H-pyrrole nitrogens is 1. The highest BCUT2D eigenvalue weighted by Crippen LogP contribution is 2.31. The van der Waals surface area contributed by atoms with Crippen LogP contribution in [-0.2, 0) is 10.0 Å². The van der Waals surface area contributed by atoms with E-state index in [0.29, 0.717) is 17.1 Å². The summed E-state index contributed by atoms with van der Waals surface area (Å²) in [6, 6.07) is 10.1. The third-order valence-electron chi connectivity index (χ3n) is 2.61. The third kappa shape index (κ3) is 2.69. The molecular formula is C11H8BrN5O2S2. The molecule has 0 amide bonds. The lowest BCUT2D eigenvalue weighted by atomic mass is 10.2. The van der Waals surface area contributed by atoms with Crippen LogP contribution < -0.4 is 3.33 Å². The van der Waals surface area contributed by atoms with Crippen LogP contribution in [0.15, 0.2) is 46.0 Å². The second-order valence-electron chi connectivity index (χ2n) is 3.94. The number of benzene rings is 1. The number of hydrogen-bond donors (Lipinski definition) is 1. The smallest absolute Gasteiger partial charge is 0.199 e. The minimum atomic E-state index is -3.63. The van der Waals surface area contributed by atoms with Crippen molar-refractivity contribution in [1.82, 2.24) is 20.6 Å². The molecule has 0 aliphatic carbocycles. The standard InChI is InChI=1S/C11H8BrN5O2S2/c12-17(21(18,19)10-5-2-6-20-10)9-4-1-3-8(7-9)11-13-15-16-14-11/h1-7H,(H,13,14,15,16). The van der Waals surface area contributed by atoms with E-state index in [1.807, 2.05) is 0 Å². The molecule has 7 nitrogen and oxygen atoms in total. The summed E-state index contributed by atoms with van der Waals surface area (Å²) in [7, 11) is -3.63. The molecule has 108 valence electrons. The molecule has 0 aliphatic heterocycles. The highest BCUT2D eigenvalue weighted by molar-refractivity contribution is 9.11. The molecule has 1 N–H and O–H groups in total. The fourth-order valence-corrected chi connectivity index (χ4v) is 4.77. The van der Waals surface area contributed by atoms with Crippen LogP contribution in [0.2, 0.25) is 0 Å². The number of aromatic amines is 1. The van der Waals surface area contributed by atoms with E-state index < -0.39 is 10.0 Å². The van der Waals surface area contributed by atoms with Gasteiger partial charge in [0.05, 0.1) is 21.8 Å². The predicted molar refractivity (Wildman–Crippen MR) is 82.5 cm³/mol. The topological polar surface area (TPSA) is 91.8 Å². The summed E-state index contributed by atoms with van der Waals surface area (Å²) in [5.41, 5.74) is 1.11. The molecule has 0 aliphatic rings. The van der Waals surface area contributed by atoms with Crippen LogP contribution in [0.25, 0.3) is 11.4 Å². The summed E-state index contributed by atoms with van der Waals surface area (Å²) in [6.45, 7) is 0. The number of nitrogens with one attached hydrogen (secondary N) is 1. The zero-order valence-electron chi connectivity index (χ0n) is 10.3. The minimum absolute atomic E-state index is 0.254. The predicted octanol–water partition coefficient (Wildman–Crippen LogP) is 2.43. The van der Waals surface area contributed by atoms with Gasteiger partial charge in [-0.05, 0) is 28.8 Å². The summed E-state index contributed by atoms with van der Waals surface area (Å²) in [6.07, 6.45) is 0. The highest BCUT2D eigenvalue weighted by Gasteiger charge is 2.24. The molecule has 3 rings (SSSR count). The first kappa shape index (κ1) is 14.2. The number of sulfonamides is 1. The monoisotopic (exact) mass is 385 g/mol. The van der Waals surface area contributed by atoms with Crippen LogP contribution in [0.1, 0.15) is 0 Å². The van der Waals surface area contributed by atoms with Gasteiger partial charge < -0.3 is 0 Å². The van der Waals surface area contributed by atoms with Crippen molar-refractivity contribution in [1.29, 1.82) is 0 Å². The van der Waals surface area contributed by atoms with Gasteiger partial charge >= 0.3 is 0 Å². The van der Waals surface area contributed by atoms with Crippen molar-refractivity contribution in [3.8, 4) is 11.4 Å². The van der Waals surface area contributed by atoms with E-state index in [9.17, 15) is 8.42 Å². The number of nitrogens with zero attached hydrogens (tertiary/aromatic N) is 4. The Morgan fingerprint density at radius 2 is 2.10 bits per heavy atom. The molecule has 2 heterocycles. The molecule has 3 aromatic rings. The van der Waals surface area contributed by atoms with Gasteiger partial charge in [-0.1, -0.05) is 18.2 Å². The number of aromatic nitrogens is 4. The average molecular weight is 386 g/mol. The molecule has 0 unspecified atom stereocenters. The lowest BCUT2D eigenvalue weighted by Crippen LogP contribution is -2.19. The van der Waals surface area contributed by atoms with E-state index in [4.69, 9.17) is 0 Å². The molecule has 1 aromatic carbocycles. The second kappa shape index (κ2) is 5.54. The van der Waals surface area contributed by atoms with Crippen LogP contribution in [-0.4, -0.2) is 29.0 Å². The summed E-state index contributed by atoms with van der Waals surface area (Å²) < 4.78 is 26.2. The quantitative estimate of drug-likeness (QED) is 0.696. The van der Waals surface area contributed by atoms with Crippen molar-refractivity contribution in [2.24, 2.45) is 0 Å². The van der Waals surface area contributed by atoms with Gasteiger partial charge in [0.1, 0.15) is 4.21 Å². The van der Waals surface area contributed by atoms with Crippen LogP contribution in [0.4, 0.5) is 5.69 Å². The Morgan fingerprint density at radius 1 is 1.24 bits per heavy atom. The Kier molecular flexibility index (Phi) is 3.74. The van der Waals surface area contributed by atoms with Crippen molar-refractivity contribution in [3.63, 3.8) is 0 Å². The molecule has 2 aromatic heterocycles. The van der Waals surface area contributed by atoms with Gasteiger partial charge in [0, 0.05) is 5.56 Å². The molecule has 0 saturated heterocycles. The first-order valence-corrected chi connectivity index (χ1v) is 8.70. The van der Waals surface area contributed by atoms with Gasteiger partial charge in [0.2, 0.25) is 5.82 Å². The lowest BCUT2D eigenvalue weighted by molar-refractivity contribution is 0.600. The second-order valence-corrected chi connectivity index (χ2v) is 8.08. The van der Waals surface area contributed by atoms with Gasteiger partial charge in [-0.3, -0.25) is 0 Å². The van der Waals surface area contributed by atoms with Gasteiger partial charge in [-0.15, -0.1) is 21.5 Å². The zero-order chi connectivity index (χ0) is 14.9. The molecule has 21 heavy (non-hydrogen) atoms. The fraction of sp³-hybridized carbons (Fsp3) is 0. The number of thiophene rings is 1. The summed E-state index contributed by atoms with van der Waals surface area (Å²) in [5, 5.41) is 15.3. The molecule has 0 radical (unpaired) electrons. The van der Waals surface area contributed by atoms with Gasteiger partial charge in [0.15, 0.2) is 0 Å². The zero-order valence-corrected chi connectivity index (χ0v) is 13.6. The normalized spacial score (nSPS) is 11.5. The van der Waals surface area contributed by atoms with Crippen molar-refractivity contribution in [3.05, 3.63) is 41.8 Å². The van der Waals surface area contributed by atoms with Gasteiger partial charge in [-0.2, -0.15) is 17.0 Å². The molecule has 0 bridgehead atoms.